The fraction of sp³-hybridized carbons (Fsp3) is 0.500. The minimum absolute atomic E-state index is 0.0873. The van der Waals surface area contributed by atoms with Crippen LogP contribution in [0.25, 0.3) is 0 Å². The van der Waals surface area contributed by atoms with Crippen molar-refractivity contribution in [1.82, 2.24) is 9.80 Å². The van der Waals surface area contributed by atoms with Crippen molar-refractivity contribution >= 4 is 35.2 Å². The molecule has 1 aromatic rings. The molecule has 1 fully saturated rings. The van der Waals surface area contributed by atoms with Crippen LogP contribution >= 0.6 is 11.8 Å². The van der Waals surface area contributed by atoms with Crippen molar-refractivity contribution in [3.8, 4) is 0 Å². The normalized spacial score (nSPS) is 17.2. The van der Waals surface area contributed by atoms with Gasteiger partial charge in [0.1, 0.15) is 0 Å². The zero-order valence-electron chi connectivity index (χ0n) is 15.2. The van der Waals surface area contributed by atoms with E-state index in [9.17, 15) is 14.4 Å². The van der Waals surface area contributed by atoms with Crippen molar-refractivity contribution in [1.29, 1.82) is 0 Å². The lowest BCUT2D eigenvalue weighted by atomic mass is 9.97. The summed E-state index contributed by atoms with van der Waals surface area (Å²) in [7, 11) is 1.73. The molecule has 26 heavy (non-hydrogen) atoms. The van der Waals surface area contributed by atoms with E-state index in [2.05, 4.69) is 5.32 Å². The molecule has 0 bridgehead atoms. The van der Waals surface area contributed by atoms with Gasteiger partial charge in [0.05, 0.1) is 24.7 Å². The number of nitrogens with zero attached hydrogens (tertiary/aromatic N) is 2. The molecule has 1 saturated heterocycles. The number of nitrogens with two attached hydrogens (primary N) is 1. The number of nitrogens with one attached hydrogen (secondary N) is 1. The molecule has 2 rings (SSSR count). The van der Waals surface area contributed by atoms with E-state index in [4.69, 9.17) is 5.73 Å². The zero-order valence-corrected chi connectivity index (χ0v) is 16.1. The number of anilines is 1. The van der Waals surface area contributed by atoms with Gasteiger partial charge in [0.2, 0.25) is 17.7 Å². The van der Waals surface area contributed by atoms with E-state index in [0.717, 1.165) is 23.4 Å². The zero-order chi connectivity index (χ0) is 19.1. The van der Waals surface area contributed by atoms with Crippen molar-refractivity contribution in [2.75, 3.05) is 44.8 Å². The van der Waals surface area contributed by atoms with Crippen LogP contribution < -0.4 is 11.1 Å². The Morgan fingerprint density at radius 2 is 2.04 bits per heavy atom. The summed E-state index contributed by atoms with van der Waals surface area (Å²) in [5, 5.41) is 2.88. The Hall–Kier alpha value is -2.06. The standard InChI is InChI=1S/C18H26N4O3S/c1-21(11-16(23)20-14-7-3-4-8-15(14)26-2)12-17(24)22-9-5-6-13(10-22)18(19)25/h3-4,7-8,13H,5-6,9-12H2,1-2H3,(H2,19,25)(H,20,23)/t13-/m1/s1. The monoisotopic (exact) mass is 378 g/mol. The SMILES string of the molecule is CSc1ccccc1NC(=O)CN(C)CC(=O)N1CCC[C@@H](C(N)=O)C1. The fourth-order valence-corrected chi connectivity index (χ4v) is 3.56. The van der Waals surface area contributed by atoms with Crippen LogP contribution in [0.5, 0.6) is 0 Å². The number of benzene rings is 1. The van der Waals surface area contributed by atoms with E-state index in [1.807, 2.05) is 30.5 Å². The third kappa shape index (κ3) is 5.74. The second kappa shape index (κ2) is 9.59. The molecule has 0 saturated carbocycles. The first-order valence-electron chi connectivity index (χ1n) is 8.59. The fourth-order valence-electron chi connectivity index (χ4n) is 3.01. The average molecular weight is 378 g/mol. The predicted octanol–water partition coefficient (Wildman–Crippen LogP) is 1.00. The van der Waals surface area contributed by atoms with Gasteiger partial charge in [0.15, 0.2) is 0 Å². The summed E-state index contributed by atoms with van der Waals surface area (Å²) in [5.74, 6) is -0.890. The minimum atomic E-state index is -0.359. The number of carbonyl (C=O) groups excluding carboxylic acids is 3. The van der Waals surface area contributed by atoms with Gasteiger partial charge in [0, 0.05) is 18.0 Å². The molecular formula is C18H26N4O3S. The topological polar surface area (TPSA) is 95.7 Å². The maximum Gasteiger partial charge on any atom is 0.238 e. The summed E-state index contributed by atoms with van der Waals surface area (Å²) in [6.07, 6.45) is 3.45. The molecule has 1 aliphatic rings. The van der Waals surface area contributed by atoms with Gasteiger partial charge >= 0.3 is 0 Å². The van der Waals surface area contributed by atoms with Crippen LogP contribution in [0.1, 0.15) is 12.8 Å². The summed E-state index contributed by atoms with van der Waals surface area (Å²) in [4.78, 5) is 40.3. The Kier molecular flexibility index (Phi) is 7.47. The van der Waals surface area contributed by atoms with Crippen molar-refractivity contribution < 1.29 is 14.4 Å². The number of carbonyl (C=O) groups is 3. The third-order valence-electron chi connectivity index (χ3n) is 4.38. The molecule has 0 aliphatic carbocycles. The number of hydrogen-bond acceptors (Lipinski definition) is 5. The Morgan fingerprint density at radius 1 is 1.31 bits per heavy atom. The van der Waals surface area contributed by atoms with E-state index < -0.39 is 0 Å². The van der Waals surface area contributed by atoms with Crippen molar-refractivity contribution in [3.63, 3.8) is 0 Å². The third-order valence-corrected chi connectivity index (χ3v) is 5.17. The van der Waals surface area contributed by atoms with Gasteiger partial charge in [-0.25, -0.2) is 0 Å². The number of piperidine rings is 1. The number of thioether (sulfide) groups is 1. The quantitative estimate of drug-likeness (QED) is 0.690. The minimum Gasteiger partial charge on any atom is -0.369 e. The molecule has 0 unspecified atom stereocenters. The molecule has 1 atom stereocenters. The highest BCUT2D eigenvalue weighted by molar-refractivity contribution is 7.98. The van der Waals surface area contributed by atoms with Crippen LogP contribution in [-0.2, 0) is 14.4 Å². The highest BCUT2D eigenvalue weighted by Gasteiger charge is 2.27. The maximum atomic E-state index is 12.4. The van der Waals surface area contributed by atoms with Crippen molar-refractivity contribution in [2.45, 2.75) is 17.7 Å². The molecule has 1 aliphatic heterocycles. The molecule has 7 nitrogen and oxygen atoms in total. The highest BCUT2D eigenvalue weighted by atomic mass is 32.2. The predicted molar refractivity (Wildman–Crippen MR) is 103 cm³/mol. The number of likely N-dealkylation sites (tertiary alicyclic amines) is 1. The van der Waals surface area contributed by atoms with Gasteiger partial charge in [-0.2, -0.15) is 0 Å². The van der Waals surface area contributed by atoms with Gasteiger partial charge < -0.3 is 16.0 Å². The van der Waals surface area contributed by atoms with Gasteiger partial charge in [-0.3, -0.25) is 19.3 Å². The van der Waals surface area contributed by atoms with Crippen LogP contribution in [-0.4, -0.2) is 67.0 Å². The van der Waals surface area contributed by atoms with E-state index in [1.165, 1.54) is 0 Å². The summed E-state index contributed by atoms with van der Waals surface area (Å²) < 4.78 is 0. The summed E-state index contributed by atoms with van der Waals surface area (Å²) in [6, 6.07) is 7.59. The molecule has 0 radical (unpaired) electrons. The lowest BCUT2D eigenvalue weighted by Crippen LogP contribution is -2.47. The van der Waals surface area contributed by atoms with Gasteiger partial charge in [0.25, 0.3) is 0 Å². The number of amides is 3. The Labute approximate surface area is 158 Å². The summed E-state index contributed by atoms with van der Waals surface area (Å²) in [6.45, 7) is 1.24. The van der Waals surface area contributed by atoms with Gasteiger partial charge in [-0.05, 0) is 38.3 Å². The molecule has 142 valence electrons. The van der Waals surface area contributed by atoms with Crippen LogP contribution in [0.15, 0.2) is 29.2 Å². The van der Waals surface area contributed by atoms with E-state index >= 15 is 0 Å². The van der Waals surface area contributed by atoms with Gasteiger partial charge in [-0.1, -0.05) is 12.1 Å². The Bertz CT molecular complexity index is 668. The lowest BCUT2D eigenvalue weighted by molar-refractivity contribution is -0.135. The molecule has 3 amide bonds. The molecule has 3 N–H and O–H groups in total. The Balaban J connectivity index is 1.83. The largest absolute Gasteiger partial charge is 0.369 e. The highest BCUT2D eigenvalue weighted by Crippen LogP contribution is 2.24. The van der Waals surface area contributed by atoms with E-state index in [1.54, 1.807) is 28.6 Å². The maximum absolute atomic E-state index is 12.4. The number of hydrogen-bond donors (Lipinski definition) is 2. The Morgan fingerprint density at radius 3 is 2.73 bits per heavy atom. The first-order chi connectivity index (χ1) is 12.4. The molecule has 0 spiro atoms. The number of likely N-dealkylation sites (N-methyl/N-ethyl adjacent to an activating group) is 1. The summed E-state index contributed by atoms with van der Waals surface area (Å²) >= 11 is 1.56. The van der Waals surface area contributed by atoms with Gasteiger partial charge in [-0.15, -0.1) is 11.8 Å². The van der Waals surface area contributed by atoms with Crippen LogP contribution in [0.3, 0.4) is 0 Å². The second-order valence-corrected chi connectivity index (χ2v) is 7.35. The first-order valence-corrected chi connectivity index (χ1v) is 9.81. The number of primary amides is 1. The lowest BCUT2D eigenvalue weighted by Gasteiger charge is -2.32. The molecule has 1 heterocycles. The average Bonchev–Trinajstić information content (AvgIpc) is 2.61. The molecule has 0 aromatic heterocycles. The van der Waals surface area contributed by atoms with Crippen LogP contribution in [0.4, 0.5) is 5.69 Å². The molecule has 1 aromatic carbocycles. The van der Waals surface area contributed by atoms with Crippen molar-refractivity contribution in [3.05, 3.63) is 24.3 Å². The van der Waals surface area contributed by atoms with Crippen molar-refractivity contribution in [2.24, 2.45) is 11.7 Å². The first kappa shape index (κ1) is 20.3. The van der Waals surface area contributed by atoms with E-state index in [-0.39, 0.29) is 36.7 Å². The molecular weight excluding hydrogens is 352 g/mol. The smallest absolute Gasteiger partial charge is 0.238 e. The van der Waals surface area contributed by atoms with Crippen LogP contribution in [0, 0.1) is 5.92 Å². The summed E-state index contributed by atoms with van der Waals surface area (Å²) in [5.41, 5.74) is 6.12. The van der Waals surface area contributed by atoms with Crippen LogP contribution in [0.2, 0.25) is 0 Å². The molecule has 8 heteroatoms. The number of para-hydroxylation sites is 1. The van der Waals surface area contributed by atoms with E-state index in [0.29, 0.717) is 13.1 Å². The number of rotatable bonds is 7. The second-order valence-electron chi connectivity index (χ2n) is 6.50.